The quantitative estimate of drug-likeness (QED) is 0.445. The molecule has 6 nitrogen and oxygen atoms in total. The van der Waals surface area contributed by atoms with Crippen LogP contribution < -0.4 is 5.32 Å². The van der Waals surface area contributed by atoms with Crippen LogP contribution >= 0.6 is 11.3 Å². The van der Waals surface area contributed by atoms with Crippen LogP contribution in [0.25, 0.3) is 21.3 Å². The number of hydrogen-bond acceptors (Lipinski definition) is 5. The number of ether oxygens (including phenoxy) is 1. The molecule has 3 aromatic carbocycles. The van der Waals surface area contributed by atoms with Gasteiger partial charge < -0.3 is 15.2 Å². The number of amides is 1. The van der Waals surface area contributed by atoms with Crippen LogP contribution in [0.4, 0.5) is 4.79 Å². The van der Waals surface area contributed by atoms with Crippen molar-refractivity contribution in [3.63, 3.8) is 0 Å². The van der Waals surface area contributed by atoms with Crippen molar-refractivity contribution >= 4 is 33.6 Å². The van der Waals surface area contributed by atoms with E-state index in [1.807, 2.05) is 60.7 Å². The van der Waals surface area contributed by atoms with Crippen molar-refractivity contribution in [2.75, 3.05) is 6.61 Å². The summed E-state index contributed by atoms with van der Waals surface area (Å²) < 4.78 is 6.47. The Morgan fingerprint density at radius 1 is 0.969 bits per heavy atom. The molecule has 1 atom stereocenters. The molecule has 1 aliphatic carbocycles. The van der Waals surface area contributed by atoms with E-state index in [1.165, 1.54) is 11.3 Å². The van der Waals surface area contributed by atoms with Gasteiger partial charge in [0.05, 0.1) is 15.2 Å². The standard InChI is InChI=1S/C25H20N2O4S/c28-24(29)21(13-23-26-20-11-5-6-12-22(20)32-23)27-25(30)31-14-19-17-9-3-1-7-15(17)16-8-2-4-10-18(16)19/h1-12,19,21H,13-14H2,(H,27,30)(H,28,29)/t21-/m0/s1. The Hall–Kier alpha value is -3.71. The zero-order valence-corrected chi connectivity index (χ0v) is 17.8. The van der Waals surface area contributed by atoms with Gasteiger partial charge in [-0.2, -0.15) is 0 Å². The summed E-state index contributed by atoms with van der Waals surface area (Å²) in [4.78, 5) is 28.7. The minimum Gasteiger partial charge on any atom is -0.480 e. The van der Waals surface area contributed by atoms with Crippen molar-refractivity contribution in [2.45, 2.75) is 18.4 Å². The van der Waals surface area contributed by atoms with Gasteiger partial charge in [-0.1, -0.05) is 60.7 Å². The van der Waals surface area contributed by atoms with E-state index in [4.69, 9.17) is 4.74 Å². The van der Waals surface area contributed by atoms with Crippen molar-refractivity contribution in [1.82, 2.24) is 10.3 Å². The van der Waals surface area contributed by atoms with E-state index in [0.29, 0.717) is 5.01 Å². The maximum Gasteiger partial charge on any atom is 0.407 e. The maximum absolute atomic E-state index is 12.5. The van der Waals surface area contributed by atoms with Crippen LogP contribution in [0.15, 0.2) is 72.8 Å². The van der Waals surface area contributed by atoms with E-state index >= 15 is 0 Å². The van der Waals surface area contributed by atoms with Gasteiger partial charge in [0.1, 0.15) is 12.6 Å². The molecule has 0 fully saturated rings. The number of carboxylic acids is 1. The molecule has 1 aliphatic rings. The minimum absolute atomic E-state index is 0.0827. The molecular weight excluding hydrogens is 424 g/mol. The number of hydrogen-bond donors (Lipinski definition) is 2. The summed E-state index contributed by atoms with van der Waals surface area (Å²) >= 11 is 1.42. The number of aromatic nitrogens is 1. The molecule has 0 unspecified atom stereocenters. The van der Waals surface area contributed by atoms with Crippen LogP contribution in [-0.2, 0) is 16.0 Å². The Kier molecular flexibility index (Phi) is 5.33. The molecular formula is C25H20N2O4S. The third-order valence-corrected chi connectivity index (χ3v) is 6.71. The van der Waals surface area contributed by atoms with E-state index in [2.05, 4.69) is 22.4 Å². The second-order valence-electron chi connectivity index (χ2n) is 7.64. The largest absolute Gasteiger partial charge is 0.480 e. The van der Waals surface area contributed by atoms with Crippen LogP contribution in [0, 0.1) is 0 Å². The summed E-state index contributed by atoms with van der Waals surface area (Å²) in [5.41, 5.74) is 5.29. The number of nitrogens with one attached hydrogen (secondary N) is 1. The van der Waals surface area contributed by atoms with Gasteiger partial charge in [0.2, 0.25) is 0 Å². The van der Waals surface area contributed by atoms with E-state index in [1.54, 1.807) is 0 Å². The molecule has 0 bridgehead atoms. The fraction of sp³-hybridized carbons (Fsp3) is 0.160. The summed E-state index contributed by atoms with van der Waals surface area (Å²) in [6, 6.07) is 22.6. The molecule has 1 heterocycles. The zero-order chi connectivity index (χ0) is 22.1. The molecule has 32 heavy (non-hydrogen) atoms. The van der Waals surface area contributed by atoms with Gasteiger partial charge in [0.25, 0.3) is 0 Å². The van der Waals surface area contributed by atoms with E-state index in [-0.39, 0.29) is 18.9 Å². The first kappa shape index (κ1) is 20.2. The highest BCUT2D eigenvalue weighted by molar-refractivity contribution is 7.18. The first-order valence-corrected chi connectivity index (χ1v) is 11.1. The van der Waals surface area contributed by atoms with Crippen molar-refractivity contribution in [2.24, 2.45) is 0 Å². The molecule has 1 aromatic heterocycles. The van der Waals surface area contributed by atoms with Gasteiger partial charge in [0.15, 0.2) is 0 Å². The molecule has 2 N–H and O–H groups in total. The number of rotatable bonds is 6. The van der Waals surface area contributed by atoms with Gasteiger partial charge in [-0.3, -0.25) is 0 Å². The summed E-state index contributed by atoms with van der Waals surface area (Å²) in [5.74, 6) is -1.21. The number of alkyl carbamates (subject to hydrolysis) is 1. The maximum atomic E-state index is 12.5. The van der Waals surface area contributed by atoms with E-state index < -0.39 is 18.1 Å². The zero-order valence-electron chi connectivity index (χ0n) is 17.0. The summed E-state index contributed by atoms with van der Waals surface area (Å²) in [5, 5.41) is 12.7. The molecule has 0 saturated heterocycles. The van der Waals surface area contributed by atoms with Crippen LogP contribution in [0.3, 0.4) is 0 Å². The Balaban J connectivity index is 1.27. The molecule has 0 saturated carbocycles. The van der Waals surface area contributed by atoms with Crippen LogP contribution in [0.1, 0.15) is 22.1 Å². The summed E-state index contributed by atoms with van der Waals surface area (Å²) in [6.45, 7) is 0.132. The van der Waals surface area contributed by atoms with Gasteiger partial charge in [0, 0.05) is 12.3 Å². The number of carbonyl (C=O) groups excluding carboxylic acids is 1. The lowest BCUT2D eigenvalue weighted by Crippen LogP contribution is -2.42. The SMILES string of the molecule is O=C(N[C@@H](Cc1nc2ccccc2s1)C(=O)O)OCC1c2ccccc2-c2ccccc21. The number of para-hydroxylation sites is 1. The fourth-order valence-electron chi connectivity index (χ4n) is 4.16. The Morgan fingerprint density at radius 3 is 2.25 bits per heavy atom. The molecule has 7 heteroatoms. The van der Waals surface area contributed by atoms with Gasteiger partial charge in [-0.15, -0.1) is 11.3 Å². The first-order valence-electron chi connectivity index (χ1n) is 10.3. The number of carboxylic acid groups (broad SMARTS) is 1. The third-order valence-electron chi connectivity index (χ3n) is 5.65. The van der Waals surface area contributed by atoms with Crippen molar-refractivity contribution in [1.29, 1.82) is 0 Å². The normalized spacial score (nSPS) is 13.4. The number of aliphatic carboxylic acids is 1. The number of benzene rings is 3. The van der Waals surface area contributed by atoms with Crippen LogP contribution in [0.5, 0.6) is 0 Å². The predicted molar refractivity (Wildman–Crippen MR) is 123 cm³/mol. The molecule has 0 radical (unpaired) electrons. The van der Waals surface area contributed by atoms with E-state index in [0.717, 1.165) is 32.5 Å². The molecule has 1 amide bonds. The average molecular weight is 445 g/mol. The lowest BCUT2D eigenvalue weighted by Gasteiger charge is -2.17. The van der Waals surface area contributed by atoms with Crippen LogP contribution in [0.2, 0.25) is 0 Å². The highest BCUT2D eigenvalue weighted by atomic mass is 32.1. The summed E-state index contributed by atoms with van der Waals surface area (Å²) in [7, 11) is 0. The number of fused-ring (bicyclic) bond motifs is 4. The smallest absolute Gasteiger partial charge is 0.407 e. The number of nitrogens with zero attached hydrogens (tertiary/aromatic N) is 1. The average Bonchev–Trinajstić information content (AvgIpc) is 3.35. The second kappa shape index (κ2) is 8.43. The van der Waals surface area contributed by atoms with Crippen molar-refractivity contribution in [3.8, 4) is 11.1 Å². The highest BCUT2D eigenvalue weighted by Gasteiger charge is 2.30. The molecule has 4 aromatic rings. The lowest BCUT2D eigenvalue weighted by molar-refractivity contribution is -0.139. The molecule has 160 valence electrons. The van der Waals surface area contributed by atoms with Crippen molar-refractivity contribution < 1.29 is 19.4 Å². The monoisotopic (exact) mass is 444 g/mol. The Labute approximate surface area is 188 Å². The Morgan fingerprint density at radius 2 is 1.59 bits per heavy atom. The molecule has 0 aliphatic heterocycles. The molecule has 0 spiro atoms. The lowest BCUT2D eigenvalue weighted by atomic mass is 9.98. The predicted octanol–water partition coefficient (Wildman–Crippen LogP) is 4.83. The minimum atomic E-state index is -1.13. The summed E-state index contributed by atoms with van der Waals surface area (Å²) in [6.07, 6.45) is -0.654. The van der Waals surface area contributed by atoms with Crippen LogP contribution in [-0.4, -0.2) is 34.8 Å². The Bertz CT molecular complexity index is 1240. The third kappa shape index (κ3) is 3.83. The first-order chi connectivity index (χ1) is 15.6. The topological polar surface area (TPSA) is 88.5 Å². The number of thiazole rings is 1. The number of carbonyl (C=O) groups is 2. The van der Waals surface area contributed by atoms with Crippen molar-refractivity contribution in [3.05, 3.63) is 88.9 Å². The highest BCUT2D eigenvalue weighted by Crippen LogP contribution is 2.44. The molecule has 5 rings (SSSR count). The fourth-order valence-corrected chi connectivity index (χ4v) is 5.18. The van der Waals surface area contributed by atoms with Gasteiger partial charge in [-0.25, -0.2) is 14.6 Å². The second-order valence-corrected chi connectivity index (χ2v) is 8.76. The van der Waals surface area contributed by atoms with Gasteiger partial charge >= 0.3 is 12.1 Å². The van der Waals surface area contributed by atoms with Gasteiger partial charge in [-0.05, 0) is 34.4 Å². The van der Waals surface area contributed by atoms with E-state index in [9.17, 15) is 14.7 Å².